The van der Waals surface area contributed by atoms with E-state index in [2.05, 4.69) is 4.99 Å². The number of thiazole rings is 1. The monoisotopic (exact) mass is 422 g/mol. The highest BCUT2D eigenvalue weighted by atomic mass is 32.1. The largest absolute Gasteiger partial charge is 0.480 e. The lowest BCUT2D eigenvalue weighted by Gasteiger charge is -2.13. The molecule has 1 amide bonds. The van der Waals surface area contributed by atoms with Crippen molar-refractivity contribution in [1.29, 1.82) is 0 Å². The summed E-state index contributed by atoms with van der Waals surface area (Å²) in [5.74, 6) is -1.95. The van der Waals surface area contributed by atoms with E-state index in [-0.39, 0.29) is 16.8 Å². The third kappa shape index (κ3) is 4.24. The van der Waals surface area contributed by atoms with Crippen LogP contribution in [0.5, 0.6) is 0 Å². The average molecular weight is 422 g/mol. The van der Waals surface area contributed by atoms with Crippen molar-refractivity contribution in [3.05, 3.63) is 64.0 Å². The van der Waals surface area contributed by atoms with Crippen molar-refractivity contribution in [2.24, 2.45) is 4.99 Å². The van der Waals surface area contributed by atoms with Crippen molar-refractivity contribution >= 4 is 33.4 Å². The molecule has 0 fully saturated rings. The highest BCUT2D eigenvalue weighted by Gasteiger charge is 2.31. The summed E-state index contributed by atoms with van der Waals surface area (Å²) in [6, 6.07) is 8.48. The predicted octanol–water partition coefficient (Wildman–Crippen LogP) is 4.81. The summed E-state index contributed by atoms with van der Waals surface area (Å²) in [5, 5.41) is 9.61. The van der Waals surface area contributed by atoms with Gasteiger partial charge in [-0.25, -0.2) is 4.79 Å². The number of hydrogen-bond acceptors (Lipinski definition) is 3. The van der Waals surface area contributed by atoms with Gasteiger partial charge in [0.1, 0.15) is 6.04 Å². The van der Waals surface area contributed by atoms with Crippen molar-refractivity contribution in [1.82, 2.24) is 4.57 Å². The summed E-state index contributed by atoms with van der Waals surface area (Å²) in [4.78, 5) is 28.4. The Morgan fingerprint density at radius 2 is 1.93 bits per heavy atom. The molecule has 5 nitrogen and oxygen atoms in total. The smallest absolute Gasteiger partial charge is 0.416 e. The van der Waals surface area contributed by atoms with Crippen LogP contribution in [-0.2, 0) is 11.0 Å². The van der Waals surface area contributed by atoms with E-state index in [4.69, 9.17) is 0 Å². The predicted molar refractivity (Wildman–Crippen MR) is 103 cm³/mol. The molecule has 1 atom stereocenters. The van der Waals surface area contributed by atoms with E-state index in [0.717, 1.165) is 39.8 Å². The van der Waals surface area contributed by atoms with Crippen molar-refractivity contribution in [3.63, 3.8) is 0 Å². The number of fused-ring (bicyclic) bond motifs is 1. The molecule has 1 heterocycles. The number of aromatic nitrogens is 1. The van der Waals surface area contributed by atoms with Crippen molar-refractivity contribution in [3.8, 4) is 0 Å². The second-order valence-electron chi connectivity index (χ2n) is 6.48. The fraction of sp³-hybridized carbons (Fsp3) is 0.250. The summed E-state index contributed by atoms with van der Waals surface area (Å²) in [5.41, 5.74) is 0.346. The first-order chi connectivity index (χ1) is 13.6. The zero-order valence-electron chi connectivity index (χ0n) is 15.5. The van der Waals surface area contributed by atoms with Gasteiger partial charge in [0.05, 0.1) is 15.8 Å². The molecule has 29 heavy (non-hydrogen) atoms. The van der Waals surface area contributed by atoms with Crippen LogP contribution in [0.25, 0.3) is 10.2 Å². The number of alkyl halides is 3. The Hall–Kier alpha value is -2.94. The lowest BCUT2D eigenvalue weighted by atomic mass is 10.1. The number of carboxylic acids is 1. The number of hydrogen-bond donors (Lipinski definition) is 1. The van der Waals surface area contributed by atoms with Gasteiger partial charge in [-0.2, -0.15) is 18.2 Å². The highest BCUT2D eigenvalue weighted by molar-refractivity contribution is 7.16. The lowest BCUT2D eigenvalue weighted by Crippen LogP contribution is -2.27. The maximum absolute atomic E-state index is 12.9. The maximum Gasteiger partial charge on any atom is 0.416 e. The molecule has 0 saturated heterocycles. The molecule has 0 aliphatic rings. The molecule has 1 aromatic heterocycles. The molecule has 0 saturated carbocycles. The first-order valence-electron chi connectivity index (χ1n) is 8.72. The molecule has 0 bridgehead atoms. The maximum atomic E-state index is 12.9. The molecule has 1 unspecified atom stereocenters. The van der Waals surface area contributed by atoms with E-state index in [0.29, 0.717) is 5.52 Å². The molecule has 0 aliphatic heterocycles. The van der Waals surface area contributed by atoms with Crippen molar-refractivity contribution < 1.29 is 27.9 Å². The van der Waals surface area contributed by atoms with Crippen LogP contribution in [0.4, 0.5) is 13.2 Å². The quantitative estimate of drug-likeness (QED) is 0.656. The normalized spacial score (nSPS) is 13.6. The van der Waals surface area contributed by atoms with Crippen molar-refractivity contribution in [2.45, 2.75) is 32.5 Å². The SMILES string of the molecule is CCC(C(=O)O)n1/c(=N/C(=O)c2cccc(C(F)(F)F)c2)sc2ccc(C)cc21. The summed E-state index contributed by atoms with van der Waals surface area (Å²) in [6.07, 6.45) is -4.33. The van der Waals surface area contributed by atoms with Gasteiger partial charge in [0.15, 0.2) is 4.80 Å². The van der Waals surface area contributed by atoms with Crippen LogP contribution in [0.3, 0.4) is 0 Å². The third-order valence-corrected chi connectivity index (χ3v) is 5.43. The topological polar surface area (TPSA) is 71.7 Å². The Balaban J connectivity index is 2.20. The highest BCUT2D eigenvalue weighted by Crippen LogP contribution is 2.30. The molecule has 0 aliphatic carbocycles. The fourth-order valence-corrected chi connectivity index (χ4v) is 4.03. The number of amides is 1. The summed E-state index contributed by atoms with van der Waals surface area (Å²) < 4.78 is 41.0. The molecule has 3 aromatic rings. The zero-order valence-corrected chi connectivity index (χ0v) is 16.3. The Morgan fingerprint density at radius 1 is 1.21 bits per heavy atom. The second kappa shape index (κ2) is 7.82. The Morgan fingerprint density at radius 3 is 2.55 bits per heavy atom. The fourth-order valence-electron chi connectivity index (χ4n) is 2.98. The summed E-state index contributed by atoms with van der Waals surface area (Å²) >= 11 is 1.12. The van der Waals surface area contributed by atoms with Gasteiger partial charge in [-0.1, -0.05) is 30.4 Å². The lowest BCUT2D eigenvalue weighted by molar-refractivity contribution is -0.141. The average Bonchev–Trinajstić information content (AvgIpc) is 2.99. The molecule has 3 rings (SSSR count). The van der Waals surface area contributed by atoms with Gasteiger partial charge >= 0.3 is 12.1 Å². The number of carbonyl (C=O) groups excluding carboxylic acids is 1. The van der Waals surface area contributed by atoms with Gasteiger partial charge in [0, 0.05) is 5.56 Å². The molecular formula is C20H17F3N2O3S. The number of rotatable bonds is 4. The Bertz CT molecular complexity index is 1160. The zero-order chi connectivity index (χ0) is 21.3. The van der Waals surface area contributed by atoms with Gasteiger partial charge in [-0.3, -0.25) is 4.79 Å². The molecule has 152 valence electrons. The third-order valence-electron chi connectivity index (χ3n) is 4.40. The van der Waals surface area contributed by atoms with Gasteiger partial charge < -0.3 is 9.67 Å². The number of nitrogens with zero attached hydrogens (tertiary/aromatic N) is 2. The van der Waals surface area contributed by atoms with Crippen LogP contribution in [-0.4, -0.2) is 21.6 Å². The number of aryl methyl sites for hydroxylation is 1. The number of halogens is 3. The summed E-state index contributed by atoms with van der Waals surface area (Å²) in [6.45, 7) is 3.55. The number of carbonyl (C=O) groups is 2. The minimum absolute atomic E-state index is 0.127. The van der Waals surface area contributed by atoms with E-state index in [1.165, 1.54) is 10.6 Å². The Kier molecular flexibility index (Phi) is 5.61. The van der Waals surface area contributed by atoms with Gasteiger partial charge in [-0.05, 0) is 49.2 Å². The van der Waals surface area contributed by atoms with Crippen LogP contribution < -0.4 is 4.80 Å². The molecular weight excluding hydrogens is 405 g/mol. The van der Waals surface area contributed by atoms with Crippen LogP contribution in [0.15, 0.2) is 47.5 Å². The molecule has 2 aromatic carbocycles. The van der Waals surface area contributed by atoms with Crippen LogP contribution in [0.2, 0.25) is 0 Å². The van der Waals surface area contributed by atoms with E-state index < -0.39 is 29.7 Å². The number of aliphatic carboxylic acids is 1. The molecule has 0 spiro atoms. The number of carboxylic acid groups (broad SMARTS) is 1. The molecule has 9 heteroatoms. The van der Waals surface area contributed by atoms with E-state index in [9.17, 15) is 27.9 Å². The van der Waals surface area contributed by atoms with Crippen LogP contribution in [0, 0.1) is 6.92 Å². The minimum Gasteiger partial charge on any atom is -0.480 e. The van der Waals surface area contributed by atoms with E-state index in [1.54, 1.807) is 19.1 Å². The second-order valence-corrected chi connectivity index (χ2v) is 7.49. The van der Waals surface area contributed by atoms with Gasteiger partial charge in [-0.15, -0.1) is 0 Å². The van der Waals surface area contributed by atoms with Gasteiger partial charge in [0.25, 0.3) is 5.91 Å². The van der Waals surface area contributed by atoms with Crippen molar-refractivity contribution in [2.75, 3.05) is 0 Å². The first kappa shape index (κ1) is 20.8. The molecule has 1 N–H and O–H groups in total. The standard InChI is InChI=1S/C20H17F3N2O3S/c1-3-14(18(27)28)25-15-9-11(2)7-8-16(15)29-19(25)24-17(26)12-5-4-6-13(10-12)20(21,22)23/h4-10,14H,3H2,1-2H3,(H,27,28)/b24-19-. The Labute approximate surface area is 167 Å². The number of benzene rings is 2. The minimum atomic E-state index is -4.58. The molecule has 0 radical (unpaired) electrons. The summed E-state index contributed by atoms with van der Waals surface area (Å²) in [7, 11) is 0. The van der Waals surface area contributed by atoms with E-state index >= 15 is 0 Å². The van der Waals surface area contributed by atoms with Crippen LogP contribution in [0.1, 0.15) is 40.9 Å². The first-order valence-corrected chi connectivity index (χ1v) is 9.54. The van der Waals surface area contributed by atoms with E-state index in [1.807, 2.05) is 13.0 Å². The van der Waals surface area contributed by atoms with Crippen LogP contribution >= 0.6 is 11.3 Å². The van der Waals surface area contributed by atoms with Gasteiger partial charge in [0.2, 0.25) is 0 Å².